The van der Waals surface area contributed by atoms with E-state index in [0.29, 0.717) is 12.3 Å². The number of hydrogen-bond donors (Lipinski definition) is 3. The van der Waals surface area contributed by atoms with Crippen molar-refractivity contribution in [1.82, 2.24) is 5.32 Å². The number of para-hydroxylation sites is 1. The lowest BCUT2D eigenvalue weighted by molar-refractivity contribution is 0.193. The Bertz CT molecular complexity index is 811. The SMILES string of the molecule is Cc1ccccc1NC(=O)NCc1ccc(C(O)c2ccco2)s1. The first-order valence-electron chi connectivity index (χ1n) is 7.54. The van der Waals surface area contributed by atoms with Gasteiger partial charge in [-0.05, 0) is 42.8 Å². The second-order valence-electron chi connectivity index (χ2n) is 5.34. The third-order valence-electron chi connectivity index (χ3n) is 3.58. The van der Waals surface area contributed by atoms with E-state index in [1.165, 1.54) is 17.6 Å². The van der Waals surface area contributed by atoms with E-state index in [1.54, 1.807) is 12.1 Å². The highest BCUT2D eigenvalue weighted by Crippen LogP contribution is 2.28. The molecule has 0 radical (unpaired) electrons. The number of amides is 2. The zero-order chi connectivity index (χ0) is 16.9. The second kappa shape index (κ2) is 7.33. The molecule has 2 amide bonds. The van der Waals surface area contributed by atoms with Crippen molar-refractivity contribution in [2.24, 2.45) is 0 Å². The summed E-state index contributed by atoms with van der Waals surface area (Å²) in [5, 5.41) is 15.9. The number of carbonyl (C=O) groups is 1. The second-order valence-corrected chi connectivity index (χ2v) is 6.54. The third kappa shape index (κ3) is 3.84. The van der Waals surface area contributed by atoms with Gasteiger partial charge in [-0.2, -0.15) is 0 Å². The highest BCUT2D eigenvalue weighted by molar-refractivity contribution is 7.12. The van der Waals surface area contributed by atoms with Gasteiger partial charge in [0.05, 0.1) is 12.8 Å². The van der Waals surface area contributed by atoms with Crippen LogP contribution in [-0.2, 0) is 6.54 Å². The van der Waals surface area contributed by atoms with Crippen LogP contribution in [0.2, 0.25) is 0 Å². The first-order chi connectivity index (χ1) is 11.6. The van der Waals surface area contributed by atoms with Crippen LogP contribution in [0.3, 0.4) is 0 Å². The number of aliphatic hydroxyl groups is 1. The summed E-state index contributed by atoms with van der Waals surface area (Å²) in [6, 6.07) is 14.6. The van der Waals surface area contributed by atoms with Gasteiger partial charge in [0.15, 0.2) is 0 Å². The van der Waals surface area contributed by atoms with Crippen LogP contribution in [0.5, 0.6) is 0 Å². The Balaban J connectivity index is 1.55. The highest BCUT2D eigenvalue weighted by Gasteiger charge is 2.15. The zero-order valence-electron chi connectivity index (χ0n) is 13.2. The molecule has 1 aromatic carbocycles. The molecule has 1 atom stereocenters. The van der Waals surface area contributed by atoms with Crippen LogP contribution in [0, 0.1) is 6.92 Å². The Hall–Kier alpha value is -2.57. The molecule has 0 aliphatic carbocycles. The van der Waals surface area contributed by atoms with Gasteiger partial charge < -0.3 is 20.2 Å². The minimum absolute atomic E-state index is 0.258. The molecular weight excluding hydrogens is 324 g/mol. The number of aliphatic hydroxyl groups excluding tert-OH is 1. The topological polar surface area (TPSA) is 74.5 Å². The first-order valence-corrected chi connectivity index (χ1v) is 8.35. The predicted molar refractivity (Wildman–Crippen MR) is 94.1 cm³/mol. The highest BCUT2D eigenvalue weighted by atomic mass is 32.1. The number of carbonyl (C=O) groups excluding carboxylic acids is 1. The van der Waals surface area contributed by atoms with Gasteiger partial charge in [0, 0.05) is 15.4 Å². The number of furan rings is 1. The Morgan fingerprint density at radius 1 is 1.21 bits per heavy atom. The maximum Gasteiger partial charge on any atom is 0.319 e. The van der Waals surface area contributed by atoms with Crippen molar-refractivity contribution < 1.29 is 14.3 Å². The Kier molecular flexibility index (Phi) is 4.98. The lowest BCUT2D eigenvalue weighted by atomic mass is 10.2. The maximum absolute atomic E-state index is 12.0. The summed E-state index contributed by atoms with van der Waals surface area (Å²) in [4.78, 5) is 13.7. The summed E-state index contributed by atoms with van der Waals surface area (Å²) in [6.07, 6.45) is 0.754. The molecule has 2 aromatic heterocycles. The van der Waals surface area contributed by atoms with Crippen LogP contribution >= 0.6 is 11.3 Å². The van der Waals surface area contributed by atoms with Crippen LogP contribution < -0.4 is 10.6 Å². The number of nitrogens with one attached hydrogen (secondary N) is 2. The predicted octanol–water partition coefficient (Wildman–Crippen LogP) is 4.05. The standard InChI is InChI=1S/C18H18N2O3S/c1-12-5-2-3-6-14(12)20-18(22)19-11-13-8-9-16(24-13)17(21)15-7-4-10-23-15/h2-10,17,21H,11H2,1H3,(H2,19,20,22). The van der Waals surface area contributed by atoms with Crippen molar-refractivity contribution in [2.75, 3.05) is 5.32 Å². The number of hydrogen-bond acceptors (Lipinski definition) is 4. The molecule has 0 spiro atoms. The lowest BCUT2D eigenvalue weighted by Gasteiger charge is -2.09. The van der Waals surface area contributed by atoms with Crippen molar-refractivity contribution in [3.05, 3.63) is 75.9 Å². The monoisotopic (exact) mass is 342 g/mol. The van der Waals surface area contributed by atoms with E-state index in [-0.39, 0.29) is 6.03 Å². The molecule has 0 aliphatic rings. The van der Waals surface area contributed by atoms with Crippen LogP contribution in [0.15, 0.2) is 59.2 Å². The van der Waals surface area contributed by atoms with Crippen molar-refractivity contribution in [3.63, 3.8) is 0 Å². The summed E-state index contributed by atoms with van der Waals surface area (Å²) in [5.74, 6) is 0.508. The number of urea groups is 1. The summed E-state index contributed by atoms with van der Waals surface area (Å²) >= 11 is 1.44. The maximum atomic E-state index is 12.0. The van der Waals surface area contributed by atoms with Gasteiger partial charge in [0.2, 0.25) is 0 Å². The normalized spacial score (nSPS) is 11.9. The zero-order valence-corrected chi connectivity index (χ0v) is 14.0. The van der Waals surface area contributed by atoms with Gasteiger partial charge >= 0.3 is 6.03 Å². The molecule has 0 aliphatic heterocycles. The number of anilines is 1. The molecule has 0 fully saturated rings. The number of rotatable bonds is 5. The van der Waals surface area contributed by atoms with E-state index in [2.05, 4.69) is 10.6 Å². The Morgan fingerprint density at radius 3 is 2.79 bits per heavy atom. The molecule has 3 N–H and O–H groups in total. The quantitative estimate of drug-likeness (QED) is 0.655. The van der Waals surface area contributed by atoms with Crippen LogP contribution in [-0.4, -0.2) is 11.1 Å². The number of thiophene rings is 1. The van der Waals surface area contributed by atoms with Crippen molar-refractivity contribution >= 4 is 23.1 Å². The molecule has 5 nitrogen and oxygen atoms in total. The molecule has 0 saturated heterocycles. The fraction of sp³-hybridized carbons (Fsp3) is 0.167. The molecule has 6 heteroatoms. The van der Waals surface area contributed by atoms with E-state index < -0.39 is 6.10 Å². The van der Waals surface area contributed by atoms with Gasteiger partial charge in [-0.15, -0.1) is 11.3 Å². The number of aryl methyl sites for hydroxylation is 1. The number of benzene rings is 1. The molecule has 3 rings (SSSR count). The summed E-state index contributed by atoms with van der Waals surface area (Å²) < 4.78 is 5.21. The van der Waals surface area contributed by atoms with E-state index in [4.69, 9.17) is 4.42 Å². The molecule has 2 heterocycles. The van der Waals surface area contributed by atoms with E-state index in [9.17, 15) is 9.90 Å². The molecule has 0 saturated carbocycles. The Morgan fingerprint density at radius 2 is 2.04 bits per heavy atom. The van der Waals surface area contributed by atoms with Gasteiger partial charge in [0.25, 0.3) is 0 Å². The smallest absolute Gasteiger partial charge is 0.319 e. The van der Waals surface area contributed by atoms with Crippen molar-refractivity contribution in [1.29, 1.82) is 0 Å². The van der Waals surface area contributed by atoms with Gasteiger partial charge in [-0.3, -0.25) is 0 Å². The molecule has 0 bridgehead atoms. The average Bonchev–Trinajstić information content (AvgIpc) is 3.26. The molecular formula is C18H18N2O3S. The minimum Gasteiger partial charge on any atom is -0.466 e. The summed E-state index contributed by atoms with van der Waals surface area (Å²) in [5.41, 5.74) is 1.79. The van der Waals surface area contributed by atoms with Gasteiger partial charge in [-0.25, -0.2) is 4.79 Å². The van der Waals surface area contributed by atoms with E-state index in [1.807, 2.05) is 43.3 Å². The van der Waals surface area contributed by atoms with Crippen LogP contribution in [0.25, 0.3) is 0 Å². The van der Waals surface area contributed by atoms with Crippen molar-refractivity contribution in [3.8, 4) is 0 Å². The van der Waals surface area contributed by atoms with Crippen LogP contribution in [0.1, 0.15) is 27.2 Å². The van der Waals surface area contributed by atoms with Crippen LogP contribution in [0.4, 0.5) is 10.5 Å². The minimum atomic E-state index is -0.778. The average molecular weight is 342 g/mol. The van der Waals surface area contributed by atoms with Gasteiger partial charge in [-0.1, -0.05) is 18.2 Å². The molecule has 24 heavy (non-hydrogen) atoms. The fourth-order valence-electron chi connectivity index (χ4n) is 2.27. The van der Waals surface area contributed by atoms with E-state index in [0.717, 1.165) is 21.0 Å². The first kappa shape index (κ1) is 16.3. The fourth-order valence-corrected chi connectivity index (χ4v) is 3.22. The molecule has 1 unspecified atom stereocenters. The van der Waals surface area contributed by atoms with Gasteiger partial charge in [0.1, 0.15) is 11.9 Å². The summed E-state index contributed by atoms with van der Waals surface area (Å²) in [6.45, 7) is 2.34. The largest absolute Gasteiger partial charge is 0.466 e. The third-order valence-corrected chi connectivity index (χ3v) is 4.72. The van der Waals surface area contributed by atoms with E-state index >= 15 is 0 Å². The summed E-state index contributed by atoms with van der Waals surface area (Å²) in [7, 11) is 0. The molecule has 3 aromatic rings. The van der Waals surface area contributed by atoms with Crippen molar-refractivity contribution in [2.45, 2.75) is 19.6 Å². The molecule has 124 valence electrons. The lowest BCUT2D eigenvalue weighted by Crippen LogP contribution is -2.28. The Labute approximate surface area is 143 Å².